The minimum atomic E-state index is 0.462. The van der Waals surface area contributed by atoms with Gasteiger partial charge in [-0.1, -0.05) is 22.8 Å². The largest absolute Gasteiger partial charge is 0.337 e. The first-order valence-corrected chi connectivity index (χ1v) is 7.09. The van der Waals surface area contributed by atoms with Crippen molar-refractivity contribution < 1.29 is 4.52 Å². The molecule has 0 aliphatic carbocycles. The molecule has 0 atom stereocenters. The molecule has 3 aromatic rings. The minimum Gasteiger partial charge on any atom is -0.337 e. The Hall–Kier alpha value is -1.59. The van der Waals surface area contributed by atoms with Crippen LogP contribution in [0.2, 0.25) is 5.02 Å². The van der Waals surface area contributed by atoms with Crippen molar-refractivity contribution in [3.05, 3.63) is 40.8 Å². The van der Waals surface area contributed by atoms with Crippen LogP contribution in [0, 0.1) is 6.92 Å². The molecule has 5 nitrogen and oxygen atoms in total. The third-order valence-electron chi connectivity index (χ3n) is 2.99. The van der Waals surface area contributed by atoms with Gasteiger partial charge in [0.15, 0.2) is 5.82 Å². The van der Waals surface area contributed by atoms with Gasteiger partial charge in [-0.25, -0.2) is 4.98 Å². The van der Waals surface area contributed by atoms with Crippen molar-refractivity contribution in [3.8, 4) is 0 Å². The normalized spacial score (nSPS) is 11.3. The molecular formula is C13H12Cl2N4O. The van der Waals surface area contributed by atoms with Crippen LogP contribution in [-0.2, 0) is 13.0 Å². The van der Waals surface area contributed by atoms with Gasteiger partial charge in [-0.15, -0.1) is 11.6 Å². The first-order valence-electron chi connectivity index (χ1n) is 6.18. The number of aryl methyl sites for hydroxylation is 2. The number of alkyl halides is 1. The van der Waals surface area contributed by atoms with Crippen molar-refractivity contribution in [2.75, 3.05) is 5.88 Å². The summed E-state index contributed by atoms with van der Waals surface area (Å²) in [6.45, 7) is 2.25. The van der Waals surface area contributed by atoms with Gasteiger partial charge in [-0.05, 0) is 19.1 Å². The maximum atomic E-state index is 6.19. The summed E-state index contributed by atoms with van der Waals surface area (Å²) in [5.41, 5.74) is 1.71. The summed E-state index contributed by atoms with van der Waals surface area (Å²) >= 11 is 12.0. The Kier molecular flexibility index (Phi) is 3.63. The van der Waals surface area contributed by atoms with Crippen molar-refractivity contribution in [2.24, 2.45) is 0 Å². The van der Waals surface area contributed by atoms with Crippen molar-refractivity contribution >= 4 is 34.2 Å². The first kappa shape index (κ1) is 13.4. The fourth-order valence-electron chi connectivity index (χ4n) is 2.15. The number of hydrogen-bond acceptors (Lipinski definition) is 4. The molecule has 0 aliphatic heterocycles. The molecule has 0 saturated heterocycles. The fourth-order valence-corrected chi connectivity index (χ4v) is 2.53. The smallest absolute Gasteiger partial charge is 0.246 e. The van der Waals surface area contributed by atoms with Crippen LogP contribution in [-0.4, -0.2) is 25.6 Å². The molecule has 0 bridgehead atoms. The first-order chi connectivity index (χ1) is 9.69. The summed E-state index contributed by atoms with van der Waals surface area (Å²) in [5, 5.41) is 4.42. The monoisotopic (exact) mass is 310 g/mol. The van der Waals surface area contributed by atoms with E-state index in [1.807, 2.05) is 22.8 Å². The maximum absolute atomic E-state index is 6.19. The number of aromatic nitrogens is 4. The predicted molar refractivity (Wildman–Crippen MR) is 77.3 cm³/mol. The average Bonchev–Trinajstić information content (AvgIpc) is 2.97. The van der Waals surface area contributed by atoms with Crippen LogP contribution in [0.4, 0.5) is 0 Å². The van der Waals surface area contributed by atoms with Crippen molar-refractivity contribution in [1.82, 2.24) is 19.7 Å². The van der Waals surface area contributed by atoms with Gasteiger partial charge in [0.2, 0.25) is 5.89 Å². The summed E-state index contributed by atoms with van der Waals surface area (Å²) < 4.78 is 7.18. The van der Waals surface area contributed by atoms with E-state index in [4.69, 9.17) is 27.7 Å². The highest BCUT2D eigenvalue weighted by Gasteiger charge is 2.15. The van der Waals surface area contributed by atoms with E-state index >= 15 is 0 Å². The van der Waals surface area contributed by atoms with E-state index in [-0.39, 0.29) is 0 Å². The number of imidazole rings is 1. The van der Waals surface area contributed by atoms with Crippen LogP contribution >= 0.6 is 23.2 Å². The fraction of sp³-hybridized carbons (Fsp3) is 0.308. The van der Waals surface area contributed by atoms with Gasteiger partial charge in [0.05, 0.1) is 10.5 Å². The van der Waals surface area contributed by atoms with Gasteiger partial charge in [-0.3, -0.25) is 0 Å². The summed E-state index contributed by atoms with van der Waals surface area (Å²) in [6.07, 6.45) is 0.652. The molecule has 1 aromatic carbocycles. The number of rotatable bonds is 4. The lowest BCUT2D eigenvalue weighted by atomic mass is 10.3. The van der Waals surface area contributed by atoms with Gasteiger partial charge in [0, 0.05) is 12.3 Å². The number of fused-ring (bicyclic) bond motifs is 1. The molecule has 104 valence electrons. The Morgan fingerprint density at radius 2 is 2.15 bits per heavy atom. The number of halogens is 2. The average molecular weight is 311 g/mol. The molecule has 0 radical (unpaired) electrons. The van der Waals surface area contributed by atoms with E-state index in [1.54, 1.807) is 6.92 Å². The van der Waals surface area contributed by atoms with Crippen molar-refractivity contribution in [2.45, 2.75) is 19.9 Å². The van der Waals surface area contributed by atoms with Crippen LogP contribution in [0.25, 0.3) is 11.0 Å². The number of hydrogen-bond donors (Lipinski definition) is 0. The van der Waals surface area contributed by atoms with Crippen LogP contribution in [0.1, 0.15) is 17.5 Å². The Morgan fingerprint density at radius 1 is 1.30 bits per heavy atom. The number of benzene rings is 1. The zero-order valence-electron chi connectivity index (χ0n) is 10.8. The van der Waals surface area contributed by atoms with Gasteiger partial charge in [0.25, 0.3) is 0 Å². The van der Waals surface area contributed by atoms with Crippen LogP contribution in [0.3, 0.4) is 0 Å². The highest BCUT2D eigenvalue weighted by Crippen LogP contribution is 2.25. The SMILES string of the molecule is Cc1noc(Cn2c(CCCl)nc3c(Cl)cccc32)n1. The zero-order valence-corrected chi connectivity index (χ0v) is 12.3. The van der Waals surface area contributed by atoms with E-state index in [2.05, 4.69) is 15.1 Å². The van der Waals surface area contributed by atoms with Crippen molar-refractivity contribution in [1.29, 1.82) is 0 Å². The van der Waals surface area contributed by atoms with E-state index in [1.165, 1.54) is 0 Å². The van der Waals surface area contributed by atoms with Gasteiger partial charge in [-0.2, -0.15) is 4.98 Å². The molecule has 20 heavy (non-hydrogen) atoms. The van der Waals surface area contributed by atoms with E-state index in [9.17, 15) is 0 Å². The molecule has 0 N–H and O–H groups in total. The Labute approximate surface area is 125 Å². The third-order valence-corrected chi connectivity index (χ3v) is 3.48. The highest BCUT2D eigenvalue weighted by molar-refractivity contribution is 6.34. The molecule has 7 heteroatoms. The summed E-state index contributed by atoms with van der Waals surface area (Å²) in [4.78, 5) is 8.79. The lowest BCUT2D eigenvalue weighted by Gasteiger charge is -2.05. The Balaban J connectivity index is 2.11. The van der Waals surface area contributed by atoms with Crippen molar-refractivity contribution in [3.63, 3.8) is 0 Å². The summed E-state index contributed by atoms with van der Waals surface area (Å²) in [5.74, 6) is 2.50. The topological polar surface area (TPSA) is 56.7 Å². The van der Waals surface area contributed by atoms with Crippen LogP contribution in [0.5, 0.6) is 0 Å². The second-order valence-electron chi connectivity index (χ2n) is 4.40. The maximum Gasteiger partial charge on any atom is 0.246 e. The van der Waals surface area contributed by atoms with E-state index in [0.717, 1.165) is 16.9 Å². The standard InChI is InChI=1S/C13H12Cl2N4O/c1-8-16-12(20-18-8)7-19-10-4-2-3-9(15)13(10)17-11(19)5-6-14/h2-4H,5-7H2,1H3. The second-order valence-corrected chi connectivity index (χ2v) is 5.18. The highest BCUT2D eigenvalue weighted by atomic mass is 35.5. The lowest BCUT2D eigenvalue weighted by molar-refractivity contribution is 0.367. The summed E-state index contributed by atoms with van der Waals surface area (Å²) in [7, 11) is 0. The summed E-state index contributed by atoms with van der Waals surface area (Å²) in [6, 6.07) is 5.68. The Morgan fingerprint density at radius 3 is 2.85 bits per heavy atom. The molecule has 3 rings (SSSR count). The zero-order chi connectivity index (χ0) is 14.1. The Bertz CT molecular complexity index is 750. The molecule has 0 saturated carbocycles. The lowest BCUT2D eigenvalue weighted by Crippen LogP contribution is -2.06. The second kappa shape index (κ2) is 5.42. The van der Waals surface area contributed by atoms with Crippen LogP contribution in [0.15, 0.2) is 22.7 Å². The number of para-hydroxylation sites is 1. The molecular weight excluding hydrogens is 299 g/mol. The van der Waals surface area contributed by atoms with Gasteiger partial charge < -0.3 is 9.09 Å². The predicted octanol–water partition coefficient (Wildman–Crippen LogP) is 3.21. The molecule has 0 aliphatic rings. The quantitative estimate of drug-likeness (QED) is 0.694. The molecule has 2 aromatic heterocycles. The molecule has 2 heterocycles. The van der Waals surface area contributed by atoms with Gasteiger partial charge in [0.1, 0.15) is 17.9 Å². The molecule has 0 fully saturated rings. The van der Waals surface area contributed by atoms with Crippen LogP contribution < -0.4 is 0 Å². The minimum absolute atomic E-state index is 0.462. The van der Waals surface area contributed by atoms with E-state index in [0.29, 0.717) is 35.6 Å². The van der Waals surface area contributed by atoms with Gasteiger partial charge >= 0.3 is 0 Å². The molecule has 0 unspecified atom stereocenters. The third kappa shape index (κ3) is 2.39. The van der Waals surface area contributed by atoms with E-state index < -0.39 is 0 Å². The molecule has 0 spiro atoms. The molecule has 0 amide bonds. The number of nitrogens with zero attached hydrogens (tertiary/aromatic N) is 4.